The Morgan fingerprint density at radius 3 is 2.60 bits per heavy atom. The second kappa shape index (κ2) is 4.98. The number of carbonyl (C=O) groups excluding carboxylic acids is 1. The van der Waals surface area contributed by atoms with Gasteiger partial charge in [0.2, 0.25) is 5.91 Å². The van der Waals surface area contributed by atoms with Gasteiger partial charge in [0, 0.05) is 24.1 Å². The molecule has 1 aliphatic rings. The summed E-state index contributed by atoms with van der Waals surface area (Å²) >= 11 is 0. The van der Waals surface area contributed by atoms with Crippen molar-refractivity contribution in [3.63, 3.8) is 0 Å². The van der Waals surface area contributed by atoms with Crippen molar-refractivity contribution in [2.45, 2.75) is 12.5 Å². The van der Waals surface area contributed by atoms with E-state index < -0.39 is 5.91 Å². The lowest BCUT2D eigenvalue weighted by Gasteiger charge is -2.11. The number of hydrogen-bond donors (Lipinski definition) is 2. The first kappa shape index (κ1) is 12.7. The third kappa shape index (κ3) is 2.14. The molecule has 102 valence electrons. The van der Waals surface area contributed by atoms with Gasteiger partial charge in [-0.15, -0.1) is 0 Å². The highest BCUT2D eigenvalue weighted by Crippen LogP contribution is 2.38. The van der Waals surface area contributed by atoms with Gasteiger partial charge in [0.25, 0.3) is 0 Å². The first-order valence-corrected chi connectivity index (χ1v) is 6.58. The van der Waals surface area contributed by atoms with E-state index in [0.29, 0.717) is 12.1 Å². The highest BCUT2D eigenvalue weighted by atomic mass is 16.5. The molecule has 2 aromatic rings. The molecule has 20 heavy (non-hydrogen) atoms. The Labute approximate surface area is 117 Å². The van der Waals surface area contributed by atoms with Crippen LogP contribution in [0.3, 0.4) is 0 Å². The SMILES string of the molecule is NC[C@H]1Cc2cccc(-c3ccc(C(N)=O)cc3)c2O1. The summed E-state index contributed by atoms with van der Waals surface area (Å²) in [6.45, 7) is 0.509. The van der Waals surface area contributed by atoms with E-state index in [0.717, 1.165) is 23.3 Å². The van der Waals surface area contributed by atoms with Crippen LogP contribution >= 0.6 is 0 Å². The molecule has 0 bridgehead atoms. The van der Waals surface area contributed by atoms with Crippen molar-refractivity contribution in [2.75, 3.05) is 6.54 Å². The number of rotatable bonds is 3. The standard InChI is InChI=1S/C16H16N2O2/c17-9-13-8-12-2-1-3-14(15(12)20-13)10-4-6-11(7-5-10)16(18)19/h1-7,13H,8-9,17H2,(H2,18,19)/t13-/m1/s1. The zero-order chi connectivity index (χ0) is 14.1. The molecule has 2 aromatic carbocycles. The van der Waals surface area contributed by atoms with Gasteiger partial charge in [0.1, 0.15) is 11.9 Å². The predicted octanol–water partition coefficient (Wildman–Crippen LogP) is 1.71. The molecule has 0 saturated heterocycles. The third-order valence-electron chi connectivity index (χ3n) is 3.57. The molecule has 0 spiro atoms. The third-order valence-corrected chi connectivity index (χ3v) is 3.57. The number of para-hydroxylation sites is 1. The van der Waals surface area contributed by atoms with Crippen LogP contribution in [0.15, 0.2) is 42.5 Å². The molecule has 0 fully saturated rings. The van der Waals surface area contributed by atoms with Gasteiger partial charge in [0.05, 0.1) is 0 Å². The van der Waals surface area contributed by atoms with Gasteiger partial charge in [-0.1, -0.05) is 30.3 Å². The van der Waals surface area contributed by atoms with Crippen LogP contribution < -0.4 is 16.2 Å². The minimum atomic E-state index is -0.422. The molecule has 0 saturated carbocycles. The van der Waals surface area contributed by atoms with Gasteiger partial charge in [0.15, 0.2) is 0 Å². The maximum absolute atomic E-state index is 11.1. The second-order valence-electron chi connectivity index (χ2n) is 4.92. The topological polar surface area (TPSA) is 78.3 Å². The highest BCUT2D eigenvalue weighted by Gasteiger charge is 2.24. The molecule has 0 aliphatic carbocycles. The van der Waals surface area contributed by atoms with Crippen LogP contribution in [-0.4, -0.2) is 18.6 Å². The lowest BCUT2D eigenvalue weighted by Crippen LogP contribution is -2.24. The molecule has 1 atom stereocenters. The summed E-state index contributed by atoms with van der Waals surface area (Å²) in [7, 11) is 0. The number of fused-ring (bicyclic) bond motifs is 1. The first-order valence-electron chi connectivity index (χ1n) is 6.58. The number of hydrogen-bond acceptors (Lipinski definition) is 3. The molecule has 3 rings (SSSR count). The largest absolute Gasteiger partial charge is 0.488 e. The summed E-state index contributed by atoms with van der Waals surface area (Å²) in [5.74, 6) is 0.476. The zero-order valence-corrected chi connectivity index (χ0v) is 11.0. The fourth-order valence-electron chi connectivity index (χ4n) is 2.51. The van der Waals surface area contributed by atoms with Gasteiger partial charge in [-0.25, -0.2) is 0 Å². The van der Waals surface area contributed by atoms with Gasteiger partial charge in [-0.3, -0.25) is 4.79 Å². The van der Waals surface area contributed by atoms with Crippen molar-refractivity contribution in [2.24, 2.45) is 11.5 Å². The summed E-state index contributed by atoms with van der Waals surface area (Å²) in [5, 5.41) is 0. The molecule has 0 radical (unpaired) electrons. The van der Waals surface area contributed by atoms with Crippen LogP contribution in [-0.2, 0) is 6.42 Å². The molecule has 0 aromatic heterocycles. The Hall–Kier alpha value is -2.33. The average molecular weight is 268 g/mol. The molecule has 1 amide bonds. The minimum Gasteiger partial charge on any atom is -0.488 e. The van der Waals surface area contributed by atoms with Crippen molar-refractivity contribution in [1.29, 1.82) is 0 Å². The van der Waals surface area contributed by atoms with E-state index in [1.165, 1.54) is 5.56 Å². The van der Waals surface area contributed by atoms with E-state index >= 15 is 0 Å². The molecule has 0 unspecified atom stereocenters. The Morgan fingerprint density at radius 1 is 1.20 bits per heavy atom. The van der Waals surface area contributed by atoms with E-state index in [1.807, 2.05) is 24.3 Å². The van der Waals surface area contributed by atoms with Gasteiger partial charge >= 0.3 is 0 Å². The lowest BCUT2D eigenvalue weighted by molar-refractivity contribution is 0.100. The molecule has 1 aliphatic heterocycles. The Morgan fingerprint density at radius 2 is 1.95 bits per heavy atom. The quantitative estimate of drug-likeness (QED) is 0.889. The van der Waals surface area contributed by atoms with E-state index in [4.69, 9.17) is 16.2 Å². The lowest BCUT2D eigenvalue weighted by atomic mass is 9.99. The number of carbonyl (C=O) groups is 1. The maximum atomic E-state index is 11.1. The van der Waals surface area contributed by atoms with Crippen LogP contribution in [0, 0.1) is 0 Å². The van der Waals surface area contributed by atoms with E-state index in [-0.39, 0.29) is 6.10 Å². The van der Waals surface area contributed by atoms with E-state index in [2.05, 4.69) is 6.07 Å². The van der Waals surface area contributed by atoms with Crippen molar-refractivity contribution < 1.29 is 9.53 Å². The van der Waals surface area contributed by atoms with Crippen LogP contribution in [0.2, 0.25) is 0 Å². The first-order chi connectivity index (χ1) is 9.69. The summed E-state index contributed by atoms with van der Waals surface area (Å²) in [4.78, 5) is 11.1. The van der Waals surface area contributed by atoms with Crippen LogP contribution in [0.5, 0.6) is 5.75 Å². The van der Waals surface area contributed by atoms with Gasteiger partial charge < -0.3 is 16.2 Å². The fourth-order valence-corrected chi connectivity index (χ4v) is 2.51. The summed E-state index contributed by atoms with van der Waals surface area (Å²) in [6, 6.07) is 13.3. The Kier molecular flexibility index (Phi) is 3.16. The van der Waals surface area contributed by atoms with Gasteiger partial charge in [-0.2, -0.15) is 0 Å². The van der Waals surface area contributed by atoms with Crippen molar-refractivity contribution >= 4 is 5.91 Å². The molecular formula is C16H16N2O2. The van der Waals surface area contributed by atoms with Crippen LogP contribution in [0.1, 0.15) is 15.9 Å². The van der Waals surface area contributed by atoms with Crippen molar-refractivity contribution in [3.05, 3.63) is 53.6 Å². The van der Waals surface area contributed by atoms with Crippen molar-refractivity contribution in [3.8, 4) is 16.9 Å². The summed E-state index contributed by atoms with van der Waals surface area (Å²) in [6.07, 6.45) is 0.898. The number of amides is 1. The molecule has 4 heteroatoms. The second-order valence-corrected chi connectivity index (χ2v) is 4.92. The number of benzene rings is 2. The Balaban J connectivity index is 2.00. The molecule has 1 heterocycles. The molecule has 4 N–H and O–H groups in total. The van der Waals surface area contributed by atoms with Crippen LogP contribution in [0.4, 0.5) is 0 Å². The maximum Gasteiger partial charge on any atom is 0.248 e. The number of primary amides is 1. The van der Waals surface area contributed by atoms with Crippen LogP contribution in [0.25, 0.3) is 11.1 Å². The molecule has 4 nitrogen and oxygen atoms in total. The summed E-state index contributed by atoms with van der Waals surface area (Å²) < 4.78 is 5.90. The van der Waals surface area contributed by atoms with Gasteiger partial charge in [-0.05, 0) is 23.3 Å². The smallest absolute Gasteiger partial charge is 0.248 e. The normalized spacial score (nSPS) is 16.6. The van der Waals surface area contributed by atoms with Crippen molar-refractivity contribution in [1.82, 2.24) is 0 Å². The fraction of sp³-hybridized carbons (Fsp3) is 0.188. The highest BCUT2D eigenvalue weighted by molar-refractivity contribution is 5.93. The average Bonchev–Trinajstić information content (AvgIpc) is 2.90. The van der Waals surface area contributed by atoms with E-state index in [1.54, 1.807) is 12.1 Å². The number of nitrogens with two attached hydrogens (primary N) is 2. The Bertz CT molecular complexity index is 650. The van der Waals surface area contributed by atoms with E-state index in [9.17, 15) is 4.79 Å². The zero-order valence-electron chi connectivity index (χ0n) is 11.0. The molecular weight excluding hydrogens is 252 g/mol. The predicted molar refractivity (Wildman–Crippen MR) is 77.6 cm³/mol. The monoisotopic (exact) mass is 268 g/mol. The minimum absolute atomic E-state index is 0.0519. The summed E-state index contributed by atoms with van der Waals surface area (Å²) in [5.41, 5.74) is 14.6. The number of ether oxygens (including phenoxy) is 1.